The summed E-state index contributed by atoms with van der Waals surface area (Å²) in [5.41, 5.74) is 10.6. The zero-order chi connectivity index (χ0) is 35.4. The molecule has 2 aliphatic rings. The largest absolute Gasteiger partial charge is 0.496 e. The van der Waals surface area contributed by atoms with Gasteiger partial charge in [-0.1, -0.05) is 54.6 Å². The highest BCUT2D eigenvalue weighted by atomic mass is 16.5. The van der Waals surface area contributed by atoms with Crippen molar-refractivity contribution in [2.75, 3.05) is 38.6 Å². The molecule has 4 aromatic rings. The van der Waals surface area contributed by atoms with Crippen LogP contribution < -0.4 is 10.1 Å². The molecule has 260 valence electrons. The first-order valence-corrected chi connectivity index (χ1v) is 17.3. The topological polar surface area (TPSA) is 115 Å². The van der Waals surface area contributed by atoms with Crippen molar-refractivity contribution in [3.05, 3.63) is 111 Å². The van der Waals surface area contributed by atoms with Crippen molar-refractivity contribution in [1.82, 2.24) is 14.8 Å². The summed E-state index contributed by atoms with van der Waals surface area (Å²) >= 11 is 0. The Hall–Kier alpha value is -4.83. The Balaban J connectivity index is 1.16. The van der Waals surface area contributed by atoms with Crippen molar-refractivity contribution in [3.8, 4) is 16.9 Å². The van der Waals surface area contributed by atoms with Crippen molar-refractivity contribution in [3.63, 3.8) is 0 Å². The van der Waals surface area contributed by atoms with Crippen LogP contribution in [0.15, 0.2) is 66.9 Å². The summed E-state index contributed by atoms with van der Waals surface area (Å²) in [4.78, 5) is 33.4. The molecule has 2 atom stereocenters. The SMILES string of the molecule is COc1cc(/C=C/c2cccc(-c3cccc(NC(=O)c4ccc(CN5CC[C@@H](O)C5)cn4)c3C)c2C)c(C)cc1CN1CC[C@@H](C(=O)O)C1. The molecule has 0 bridgehead atoms. The van der Waals surface area contributed by atoms with Crippen LogP contribution in [0.5, 0.6) is 5.75 Å². The molecule has 0 saturated carbocycles. The van der Waals surface area contributed by atoms with Crippen molar-refractivity contribution in [2.45, 2.75) is 52.8 Å². The number of carbonyl (C=O) groups excluding carboxylic acids is 1. The molecule has 0 radical (unpaired) electrons. The van der Waals surface area contributed by atoms with Crippen LogP contribution in [0.25, 0.3) is 23.3 Å². The van der Waals surface area contributed by atoms with Crippen LogP contribution in [0.4, 0.5) is 5.69 Å². The Morgan fingerprint density at radius 3 is 2.30 bits per heavy atom. The average molecular weight is 675 g/mol. The highest BCUT2D eigenvalue weighted by Gasteiger charge is 2.28. The van der Waals surface area contributed by atoms with Gasteiger partial charge in [-0.3, -0.25) is 24.4 Å². The average Bonchev–Trinajstić information content (AvgIpc) is 3.75. The summed E-state index contributed by atoms with van der Waals surface area (Å²) < 4.78 is 5.77. The van der Waals surface area contributed by atoms with Crippen LogP contribution >= 0.6 is 0 Å². The first-order valence-electron chi connectivity index (χ1n) is 17.3. The Labute approximate surface area is 294 Å². The third-order valence-electron chi connectivity index (χ3n) is 10.1. The number of carboxylic acid groups (broad SMARTS) is 1. The van der Waals surface area contributed by atoms with Crippen molar-refractivity contribution < 1.29 is 24.5 Å². The Morgan fingerprint density at radius 2 is 1.62 bits per heavy atom. The van der Waals surface area contributed by atoms with Crippen LogP contribution in [0.2, 0.25) is 0 Å². The molecule has 2 fully saturated rings. The Kier molecular flexibility index (Phi) is 10.8. The number of aryl methyl sites for hydroxylation is 1. The number of hydrogen-bond donors (Lipinski definition) is 3. The van der Waals surface area contributed by atoms with Gasteiger partial charge in [0.15, 0.2) is 0 Å². The van der Waals surface area contributed by atoms with Gasteiger partial charge < -0.3 is 20.3 Å². The monoisotopic (exact) mass is 674 g/mol. The maximum absolute atomic E-state index is 13.2. The summed E-state index contributed by atoms with van der Waals surface area (Å²) in [6, 6.07) is 20.1. The molecule has 0 aliphatic carbocycles. The molecule has 0 unspecified atom stereocenters. The number of likely N-dealkylation sites (tertiary alicyclic amines) is 2. The fourth-order valence-corrected chi connectivity index (χ4v) is 7.10. The van der Waals surface area contributed by atoms with Gasteiger partial charge in [0.2, 0.25) is 0 Å². The maximum atomic E-state index is 13.2. The number of pyridine rings is 1. The lowest BCUT2D eigenvalue weighted by molar-refractivity contribution is -0.141. The lowest BCUT2D eigenvalue weighted by atomic mass is 9.92. The molecule has 50 heavy (non-hydrogen) atoms. The highest BCUT2D eigenvalue weighted by Crippen LogP contribution is 2.34. The van der Waals surface area contributed by atoms with Gasteiger partial charge in [0.05, 0.1) is 19.1 Å². The number of amides is 1. The molecular weight excluding hydrogens is 628 g/mol. The first kappa shape index (κ1) is 35.0. The van der Waals surface area contributed by atoms with Gasteiger partial charge in [-0.15, -0.1) is 0 Å². The second-order valence-electron chi connectivity index (χ2n) is 13.6. The number of hydrogen-bond acceptors (Lipinski definition) is 7. The summed E-state index contributed by atoms with van der Waals surface area (Å²) in [6.07, 6.45) is 7.17. The van der Waals surface area contributed by atoms with E-state index < -0.39 is 5.97 Å². The Bertz CT molecular complexity index is 1900. The molecule has 3 aromatic carbocycles. The number of rotatable bonds is 11. The molecule has 3 heterocycles. The van der Waals surface area contributed by atoms with E-state index in [1.807, 2.05) is 25.1 Å². The van der Waals surface area contributed by atoms with Gasteiger partial charge in [0.1, 0.15) is 11.4 Å². The fourth-order valence-electron chi connectivity index (χ4n) is 7.10. The normalized spacial score (nSPS) is 18.2. The van der Waals surface area contributed by atoms with Crippen LogP contribution in [0.1, 0.15) is 62.3 Å². The zero-order valence-electron chi connectivity index (χ0n) is 29.3. The van der Waals surface area contributed by atoms with E-state index in [9.17, 15) is 19.8 Å². The van der Waals surface area contributed by atoms with Crippen molar-refractivity contribution >= 4 is 29.7 Å². The molecule has 9 heteroatoms. The second-order valence-corrected chi connectivity index (χ2v) is 13.6. The number of anilines is 1. The quantitative estimate of drug-likeness (QED) is 0.153. The molecular formula is C41H46N4O5. The van der Waals surface area contributed by atoms with Gasteiger partial charge in [-0.25, -0.2) is 0 Å². The van der Waals surface area contributed by atoms with E-state index in [4.69, 9.17) is 4.74 Å². The zero-order valence-corrected chi connectivity index (χ0v) is 29.3. The van der Waals surface area contributed by atoms with E-state index in [1.54, 1.807) is 19.4 Å². The number of aromatic nitrogens is 1. The van der Waals surface area contributed by atoms with Gasteiger partial charge in [0.25, 0.3) is 5.91 Å². The summed E-state index contributed by atoms with van der Waals surface area (Å²) in [5, 5.41) is 22.3. The third kappa shape index (κ3) is 7.97. The summed E-state index contributed by atoms with van der Waals surface area (Å²) in [7, 11) is 1.67. The third-order valence-corrected chi connectivity index (χ3v) is 10.1. The minimum atomic E-state index is -0.726. The van der Waals surface area contributed by atoms with E-state index in [-0.39, 0.29) is 17.9 Å². The molecule has 3 N–H and O–H groups in total. The van der Waals surface area contributed by atoms with E-state index in [0.717, 1.165) is 81.0 Å². The number of nitrogens with zero attached hydrogens (tertiary/aromatic N) is 3. The minimum absolute atomic E-state index is 0.261. The van der Waals surface area contributed by atoms with E-state index in [1.165, 1.54) is 0 Å². The number of aliphatic hydroxyl groups excluding tert-OH is 1. The number of carboxylic acids is 1. The van der Waals surface area contributed by atoms with Crippen molar-refractivity contribution in [2.24, 2.45) is 5.92 Å². The van der Waals surface area contributed by atoms with E-state index in [2.05, 4.69) is 82.5 Å². The van der Waals surface area contributed by atoms with Gasteiger partial charge >= 0.3 is 5.97 Å². The fraction of sp³-hybridized carbons (Fsp3) is 0.341. The number of ether oxygens (including phenoxy) is 1. The molecule has 1 amide bonds. The summed E-state index contributed by atoms with van der Waals surface area (Å²) in [6.45, 7) is 10.4. The predicted octanol–water partition coefficient (Wildman–Crippen LogP) is 6.58. The van der Waals surface area contributed by atoms with Crippen LogP contribution in [-0.2, 0) is 17.9 Å². The molecule has 0 spiro atoms. The number of aliphatic hydroxyl groups is 1. The molecule has 1 aromatic heterocycles. The summed E-state index contributed by atoms with van der Waals surface area (Å²) in [5.74, 6) is -0.501. The van der Waals surface area contributed by atoms with Crippen LogP contribution in [0.3, 0.4) is 0 Å². The maximum Gasteiger partial charge on any atom is 0.307 e. The molecule has 2 saturated heterocycles. The standard InChI is InChI=1S/C41H46N4O5/c1-26-19-33(24-45-17-15-32(23-45)41(48)49)39(50-4)20-31(26)13-12-30-7-5-8-35(27(30)2)36-9-6-10-37(28(36)3)43-40(47)38-14-11-29(21-42-38)22-44-18-16-34(46)25-44/h5-14,19-21,32,34,46H,15-18,22-25H2,1-4H3,(H,43,47)(H,48,49)/b13-12+/t32-,34-/m1/s1. The lowest BCUT2D eigenvalue weighted by Crippen LogP contribution is -2.23. The van der Waals surface area contributed by atoms with Gasteiger partial charge in [-0.2, -0.15) is 0 Å². The molecule has 2 aliphatic heterocycles. The molecule has 9 nitrogen and oxygen atoms in total. The van der Waals surface area contributed by atoms with Crippen LogP contribution in [0, 0.1) is 26.7 Å². The Morgan fingerprint density at radius 1 is 0.900 bits per heavy atom. The molecule has 6 rings (SSSR count). The number of nitrogens with one attached hydrogen (secondary N) is 1. The van der Waals surface area contributed by atoms with E-state index >= 15 is 0 Å². The van der Waals surface area contributed by atoms with Crippen molar-refractivity contribution in [1.29, 1.82) is 0 Å². The highest BCUT2D eigenvalue weighted by molar-refractivity contribution is 6.03. The van der Waals surface area contributed by atoms with Gasteiger partial charge in [0, 0.05) is 50.2 Å². The number of methoxy groups -OCH3 is 1. The minimum Gasteiger partial charge on any atom is -0.496 e. The first-order chi connectivity index (χ1) is 24.1. The second kappa shape index (κ2) is 15.4. The number of β-amino-alcohol motifs (C(OH)–C–C–N with tert-alkyl or cyclic N) is 1. The number of benzene rings is 3. The van der Waals surface area contributed by atoms with Gasteiger partial charge in [-0.05, 0) is 103 Å². The van der Waals surface area contributed by atoms with Crippen LogP contribution in [-0.4, -0.2) is 76.3 Å². The lowest BCUT2D eigenvalue weighted by Gasteiger charge is -2.19. The number of carbonyl (C=O) groups is 2. The predicted molar refractivity (Wildman–Crippen MR) is 197 cm³/mol. The smallest absolute Gasteiger partial charge is 0.307 e. The number of aliphatic carboxylic acids is 1. The van der Waals surface area contributed by atoms with E-state index in [0.29, 0.717) is 38.3 Å².